The fourth-order valence-electron chi connectivity index (χ4n) is 3.18. The number of hydrogen-bond donors (Lipinski definition) is 2. The molecule has 166 valence electrons. The largest absolute Gasteiger partial charge is 0.322 e. The number of halogens is 1. The van der Waals surface area contributed by atoms with Crippen molar-refractivity contribution in [2.45, 2.75) is 19.9 Å². The highest BCUT2D eigenvalue weighted by atomic mass is 19.1. The monoisotopic (exact) mass is 444 g/mol. The molecule has 0 unspecified atom stereocenters. The predicted octanol–water partition coefficient (Wildman–Crippen LogP) is 4.56. The van der Waals surface area contributed by atoms with Gasteiger partial charge in [-0.05, 0) is 56.3 Å². The SMILES string of the molecule is CC(C)n1cnnc1-c1cccc(NC(=O)c2cc(C(=O)Nc3ccccc3)ccc2F)n1. The Labute approximate surface area is 189 Å². The topological polar surface area (TPSA) is 102 Å². The summed E-state index contributed by atoms with van der Waals surface area (Å²) in [7, 11) is 0. The van der Waals surface area contributed by atoms with Gasteiger partial charge in [0.05, 0.1) is 5.56 Å². The molecule has 0 radical (unpaired) electrons. The number of amides is 2. The molecule has 2 N–H and O–H groups in total. The average molecular weight is 444 g/mol. The van der Waals surface area contributed by atoms with Gasteiger partial charge in [-0.25, -0.2) is 9.37 Å². The maximum atomic E-state index is 14.4. The molecule has 0 aliphatic heterocycles. The molecular weight excluding hydrogens is 423 g/mol. The van der Waals surface area contributed by atoms with Gasteiger partial charge in [0, 0.05) is 17.3 Å². The zero-order valence-electron chi connectivity index (χ0n) is 18.0. The lowest BCUT2D eigenvalue weighted by atomic mass is 10.1. The minimum absolute atomic E-state index is 0.119. The van der Waals surface area contributed by atoms with Gasteiger partial charge in [-0.1, -0.05) is 24.3 Å². The lowest BCUT2D eigenvalue weighted by Crippen LogP contribution is -2.18. The molecule has 2 aromatic heterocycles. The molecule has 2 amide bonds. The van der Waals surface area contributed by atoms with Crippen molar-refractivity contribution < 1.29 is 14.0 Å². The molecule has 33 heavy (non-hydrogen) atoms. The van der Waals surface area contributed by atoms with Crippen LogP contribution in [0, 0.1) is 5.82 Å². The van der Waals surface area contributed by atoms with Gasteiger partial charge in [0.2, 0.25) is 0 Å². The second kappa shape index (κ2) is 9.39. The number of benzene rings is 2. The highest BCUT2D eigenvalue weighted by Gasteiger charge is 2.17. The standard InChI is InChI=1S/C24H21FN6O2/c1-15(2)31-14-26-30-22(31)20-9-6-10-21(28-20)29-24(33)18-13-16(11-12-19(18)25)23(32)27-17-7-4-3-5-8-17/h3-15H,1-2H3,(H,27,32)(H,28,29,33). The van der Waals surface area contributed by atoms with Crippen molar-refractivity contribution in [2.24, 2.45) is 0 Å². The van der Waals surface area contributed by atoms with E-state index in [1.807, 2.05) is 24.5 Å². The van der Waals surface area contributed by atoms with Crippen LogP contribution in [0.4, 0.5) is 15.9 Å². The Morgan fingerprint density at radius 3 is 2.48 bits per heavy atom. The molecule has 0 atom stereocenters. The van der Waals surface area contributed by atoms with Crippen LogP contribution in [0.25, 0.3) is 11.5 Å². The summed E-state index contributed by atoms with van der Waals surface area (Å²) in [6.07, 6.45) is 1.61. The first-order chi connectivity index (χ1) is 15.9. The molecule has 0 spiro atoms. The molecule has 4 aromatic rings. The van der Waals surface area contributed by atoms with Crippen molar-refractivity contribution in [3.63, 3.8) is 0 Å². The molecule has 0 saturated carbocycles. The lowest BCUT2D eigenvalue weighted by molar-refractivity contribution is 0.102. The van der Waals surface area contributed by atoms with Crippen LogP contribution in [0.15, 0.2) is 73.1 Å². The number of rotatable bonds is 6. The molecule has 8 nitrogen and oxygen atoms in total. The summed E-state index contributed by atoms with van der Waals surface area (Å²) in [6, 6.07) is 17.6. The molecule has 0 saturated heterocycles. The van der Waals surface area contributed by atoms with Crippen LogP contribution in [-0.2, 0) is 0 Å². The zero-order valence-corrected chi connectivity index (χ0v) is 18.0. The number of carbonyl (C=O) groups excluding carboxylic acids is 2. The van der Waals surface area contributed by atoms with E-state index >= 15 is 0 Å². The first-order valence-electron chi connectivity index (χ1n) is 10.3. The normalized spacial score (nSPS) is 10.8. The molecule has 4 rings (SSSR count). The summed E-state index contributed by atoms with van der Waals surface area (Å²) in [5.74, 6) is -1.17. The van der Waals surface area contributed by atoms with Crippen molar-refractivity contribution in [1.29, 1.82) is 0 Å². The molecule has 0 bridgehead atoms. The minimum atomic E-state index is -0.750. The number of para-hydroxylation sites is 1. The van der Waals surface area contributed by atoms with E-state index in [4.69, 9.17) is 0 Å². The van der Waals surface area contributed by atoms with Crippen molar-refractivity contribution in [2.75, 3.05) is 10.6 Å². The second-order valence-corrected chi connectivity index (χ2v) is 7.53. The molecule has 0 aliphatic carbocycles. The van der Waals surface area contributed by atoms with E-state index in [-0.39, 0.29) is 23.0 Å². The van der Waals surface area contributed by atoms with Gasteiger partial charge in [-0.2, -0.15) is 0 Å². The quantitative estimate of drug-likeness (QED) is 0.454. The van der Waals surface area contributed by atoms with Gasteiger partial charge >= 0.3 is 0 Å². The predicted molar refractivity (Wildman–Crippen MR) is 122 cm³/mol. The smallest absolute Gasteiger partial charge is 0.259 e. The van der Waals surface area contributed by atoms with Gasteiger partial charge in [-0.3, -0.25) is 9.59 Å². The number of pyridine rings is 1. The van der Waals surface area contributed by atoms with Crippen LogP contribution >= 0.6 is 0 Å². The fourth-order valence-corrected chi connectivity index (χ4v) is 3.18. The Morgan fingerprint density at radius 1 is 0.939 bits per heavy atom. The third-order valence-electron chi connectivity index (χ3n) is 4.85. The third kappa shape index (κ3) is 4.93. The van der Waals surface area contributed by atoms with E-state index in [0.29, 0.717) is 17.2 Å². The van der Waals surface area contributed by atoms with E-state index in [9.17, 15) is 14.0 Å². The first-order valence-corrected chi connectivity index (χ1v) is 10.3. The second-order valence-electron chi connectivity index (χ2n) is 7.53. The third-order valence-corrected chi connectivity index (χ3v) is 4.85. The van der Waals surface area contributed by atoms with E-state index < -0.39 is 17.6 Å². The van der Waals surface area contributed by atoms with Crippen LogP contribution in [0.3, 0.4) is 0 Å². The van der Waals surface area contributed by atoms with Gasteiger partial charge in [-0.15, -0.1) is 10.2 Å². The summed E-state index contributed by atoms with van der Waals surface area (Å²) < 4.78 is 16.3. The fraction of sp³-hybridized carbons (Fsp3) is 0.125. The summed E-state index contributed by atoms with van der Waals surface area (Å²) in [5.41, 5.74) is 0.981. The van der Waals surface area contributed by atoms with Crippen LogP contribution < -0.4 is 10.6 Å². The van der Waals surface area contributed by atoms with Crippen molar-refractivity contribution in [3.05, 3.63) is 90.0 Å². The maximum Gasteiger partial charge on any atom is 0.259 e. The van der Waals surface area contributed by atoms with Gasteiger partial charge in [0.25, 0.3) is 11.8 Å². The van der Waals surface area contributed by atoms with Crippen LogP contribution in [-0.4, -0.2) is 31.6 Å². The minimum Gasteiger partial charge on any atom is -0.322 e. The Kier molecular flexibility index (Phi) is 6.21. The Balaban J connectivity index is 1.55. The lowest BCUT2D eigenvalue weighted by Gasteiger charge is -2.11. The number of nitrogens with one attached hydrogen (secondary N) is 2. The summed E-state index contributed by atoms with van der Waals surface area (Å²) in [5, 5.41) is 13.3. The Morgan fingerprint density at radius 2 is 1.73 bits per heavy atom. The Bertz CT molecular complexity index is 1300. The molecule has 0 fully saturated rings. The van der Waals surface area contributed by atoms with Crippen LogP contribution in [0.5, 0.6) is 0 Å². The van der Waals surface area contributed by atoms with Crippen molar-refractivity contribution in [3.8, 4) is 11.5 Å². The van der Waals surface area contributed by atoms with E-state index in [1.165, 1.54) is 12.1 Å². The number of nitrogens with zero attached hydrogens (tertiary/aromatic N) is 4. The molecule has 9 heteroatoms. The highest BCUT2D eigenvalue weighted by molar-refractivity contribution is 6.08. The van der Waals surface area contributed by atoms with Crippen molar-refractivity contribution in [1.82, 2.24) is 19.7 Å². The van der Waals surface area contributed by atoms with Crippen LogP contribution in [0.1, 0.15) is 40.6 Å². The van der Waals surface area contributed by atoms with Crippen LogP contribution in [0.2, 0.25) is 0 Å². The maximum absolute atomic E-state index is 14.4. The van der Waals surface area contributed by atoms with Gasteiger partial charge in [0.1, 0.15) is 23.7 Å². The number of aromatic nitrogens is 4. The first kappa shape index (κ1) is 21.8. The number of carbonyl (C=O) groups is 2. The number of anilines is 2. The van der Waals surface area contributed by atoms with Gasteiger partial charge in [0.15, 0.2) is 5.82 Å². The summed E-state index contributed by atoms with van der Waals surface area (Å²) in [4.78, 5) is 29.7. The summed E-state index contributed by atoms with van der Waals surface area (Å²) >= 11 is 0. The zero-order chi connectivity index (χ0) is 23.4. The number of hydrogen-bond acceptors (Lipinski definition) is 5. The highest BCUT2D eigenvalue weighted by Crippen LogP contribution is 2.21. The molecule has 2 heterocycles. The van der Waals surface area contributed by atoms with Crippen molar-refractivity contribution >= 4 is 23.3 Å². The molecular formula is C24H21FN6O2. The summed E-state index contributed by atoms with van der Waals surface area (Å²) in [6.45, 7) is 3.98. The average Bonchev–Trinajstić information content (AvgIpc) is 3.31. The van der Waals surface area contributed by atoms with E-state index in [0.717, 1.165) is 6.07 Å². The van der Waals surface area contributed by atoms with Gasteiger partial charge < -0.3 is 15.2 Å². The molecule has 0 aliphatic rings. The van der Waals surface area contributed by atoms with E-state index in [1.54, 1.807) is 48.8 Å². The van der Waals surface area contributed by atoms with E-state index in [2.05, 4.69) is 25.8 Å². The molecule has 2 aromatic carbocycles. The Hall–Kier alpha value is -4.40.